The molecule has 2 aromatic carbocycles. The van der Waals surface area contributed by atoms with Crippen LogP contribution in [-0.4, -0.2) is 31.2 Å². The van der Waals surface area contributed by atoms with Gasteiger partial charge in [0.25, 0.3) is 5.91 Å². The Balaban J connectivity index is 2.27. The molecule has 1 unspecified atom stereocenters. The summed E-state index contributed by atoms with van der Waals surface area (Å²) in [7, 11) is 2.99. The third kappa shape index (κ3) is 4.97. The summed E-state index contributed by atoms with van der Waals surface area (Å²) >= 11 is 0. The van der Waals surface area contributed by atoms with Crippen LogP contribution in [-0.2, 0) is 4.79 Å². The molecule has 6 nitrogen and oxygen atoms in total. The Hall–Kier alpha value is -3.02. The van der Waals surface area contributed by atoms with Gasteiger partial charge in [0.05, 0.1) is 26.7 Å². The molecule has 0 saturated heterocycles. The minimum Gasteiger partial charge on any atom is -0.497 e. The highest BCUT2D eigenvalue weighted by Crippen LogP contribution is 2.24. The zero-order chi connectivity index (χ0) is 18.4. The summed E-state index contributed by atoms with van der Waals surface area (Å²) in [6, 6.07) is 11.6. The molecule has 2 aromatic rings. The van der Waals surface area contributed by atoms with Gasteiger partial charge < -0.3 is 19.9 Å². The van der Waals surface area contributed by atoms with Crippen molar-refractivity contribution in [2.45, 2.75) is 19.4 Å². The van der Waals surface area contributed by atoms with Crippen molar-refractivity contribution < 1.29 is 24.2 Å². The first-order chi connectivity index (χ1) is 11.9. The predicted octanol–water partition coefficient (Wildman–Crippen LogP) is 2.96. The zero-order valence-electron chi connectivity index (χ0n) is 14.4. The average Bonchev–Trinajstić information content (AvgIpc) is 2.60. The second-order valence-electron chi connectivity index (χ2n) is 5.64. The van der Waals surface area contributed by atoms with E-state index in [2.05, 4.69) is 5.32 Å². The fourth-order valence-corrected chi connectivity index (χ4v) is 2.41. The molecule has 25 heavy (non-hydrogen) atoms. The monoisotopic (exact) mass is 343 g/mol. The third-order valence-electron chi connectivity index (χ3n) is 3.78. The lowest BCUT2D eigenvalue weighted by Gasteiger charge is -2.18. The summed E-state index contributed by atoms with van der Waals surface area (Å²) < 4.78 is 10.3. The topological polar surface area (TPSA) is 84.9 Å². The lowest BCUT2D eigenvalue weighted by atomic mass is 10.0. The highest BCUT2D eigenvalue weighted by molar-refractivity contribution is 5.95. The molecule has 0 aliphatic carbocycles. The molecule has 6 heteroatoms. The zero-order valence-corrected chi connectivity index (χ0v) is 14.4. The SMILES string of the molecule is COc1cc(OC)cc(C(=O)NC(CC(=O)O)c2ccc(C)cc2)c1. The van der Waals surface area contributed by atoms with Gasteiger partial charge in [-0.25, -0.2) is 0 Å². The van der Waals surface area contributed by atoms with Crippen molar-refractivity contribution in [1.82, 2.24) is 5.32 Å². The molecule has 0 fully saturated rings. The molecule has 0 aliphatic rings. The number of rotatable bonds is 7. The summed E-state index contributed by atoms with van der Waals surface area (Å²) in [4.78, 5) is 23.8. The molecule has 0 spiro atoms. The molecule has 2 rings (SSSR count). The van der Waals surface area contributed by atoms with Crippen molar-refractivity contribution in [3.8, 4) is 11.5 Å². The number of methoxy groups -OCH3 is 2. The van der Waals surface area contributed by atoms with Gasteiger partial charge in [0.2, 0.25) is 0 Å². The van der Waals surface area contributed by atoms with Crippen molar-refractivity contribution in [3.63, 3.8) is 0 Å². The first-order valence-corrected chi connectivity index (χ1v) is 7.75. The van der Waals surface area contributed by atoms with E-state index in [-0.39, 0.29) is 6.42 Å². The van der Waals surface area contributed by atoms with Crippen LogP contribution < -0.4 is 14.8 Å². The quantitative estimate of drug-likeness (QED) is 0.807. The van der Waals surface area contributed by atoms with Gasteiger partial charge in [-0.3, -0.25) is 9.59 Å². The van der Waals surface area contributed by atoms with Gasteiger partial charge in [-0.2, -0.15) is 0 Å². The number of hydrogen-bond acceptors (Lipinski definition) is 4. The summed E-state index contributed by atoms with van der Waals surface area (Å²) in [6.45, 7) is 1.94. The molecular weight excluding hydrogens is 322 g/mol. The maximum Gasteiger partial charge on any atom is 0.305 e. The molecular formula is C19H21NO5. The summed E-state index contributed by atoms with van der Waals surface area (Å²) in [6.07, 6.45) is -0.212. The first kappa shape index (κ1) is 18.3. The van der Waals surface area contributed by atoms with Crippen molar-refractivity contribution >= 4 is 11.9 Å². The van der Waals surface area contributed by atoms with Crippen molar-refractivity contribution in [2.75, 3.05) is 14.2 Å². The predicted molar refractivity (Wildman–Crippen MR) is 93.2 cm³/mol. The number of aliphatic carboxylic acids is 1. The Morgan fingerprint density at radius 3 is 2.08 bits per heavy atom. The number of carbonyl (C=O) groups is 2. The standard InChI is InChI=1S/C19H21NO5/c1-12-4-6-13(7-5-12)17(11-18(21)22)20-19(23)14-8-15(24-2)10-16(9-14)25-3/h4-10,17H,11H2,1-3H3,(H,20,23)(H,21,22). The van der Waals surface area contributed by atoms with E-state index in [0.717, 1.165) is 11.1 Å². The smallest absolute Gasteiger partial charge is 0.305 e. The number of amides is 1. The molecule has 0 heterocycles. The highest BCUT2D eigenvalue weighted by atomic mass is 16.5. The number of aryl methyl sites for hydroxylation is 1. The molecule has 0 saturated carbocycles. The van der Waals surface area contributed by atoms with Crippen LogP contribution >= 0.6 is 0 Å². The highest BCUT2D eigenvalue weighted by Gasteiger charge is 2.20. The van der Waals surface area contributed by atoms with Crippen LogP contribution in [0, 0.1) is 6.92 Å². The van der Waals surface area contributed by atoms with Crippen LogP contribution in [0.1, 0.15) is 33.9 Å². The van der Waals surface area contributed by atoms with Gasteiger partial charge in [0, 0.05) is 11.6 Å². The van der Waals surface area contributed by atoms with Gasteiger partial charge >= 0.3 is 5.97 Å². The molecule has 0 radical (unpaired) electrons. The van der Waals surface area contributed by atoms with Crippen LogP contribution in [0.25, 0.3) is 0 Å². The van der Waals surface area contributed by atoms with Crippen LogP contribution in [0.5, 0.6) is 11.5 Å². The van der Waals surface area contributed by atoms with Crippen molar-refractivity contribution in [3.05, 3.63) is 59.2 Å². The molecule has 0 aromatic heterocycles. The summed E-state index contributed by atoms with van der Waals surface area (Å²) in [5, 5.41) is 11.9. The van der Waals surface area contributed by atoms with E-state index in [1.54, 1.807) is 18.2 Å². The lowest BCUT2D eigenvalue weighted by molar-refractivity contribution is -0.137. The van der Waals surface area contributed by atoms with E-state index in [4.69, 9.17) is 14.6 Å². The van der Waals surface area contributed by atoms with Gasteiger partial charge in [0.1, 0.15) is 11.5 Å². The van der Waals surface area contributed by atoms with E-state index in [9.17, 15) is 9.59 Å². The third-order valence-corrected chi connectivity index (χ3v) is 3.78. The average molecular weight is 343 g/mol. The van der Waals surface area contributed by atoms with Gasteiger partial charge in [-0.15, -0.1) is 0 Å². The maximum atomic E-state index is 12.6. The van der Waals surface area contributed by atoms with Crippen LogP contribution in [0.3, 0.4) is 0 Å². The van der Waals surface area contributed by atoms with E-state index < -0.39 is 17.9 Å². The first-order valence-electron chi connectivity index (χ1n) is 7.75. The number of nitrogens with one attached hydrogen (secondary N) is 1. The summed E-state index contributed by atoms with van der Waals surface area (Å²) in [5.41, 5.74) is 2.12. The molecule has 1 amide bonds. The van der Waals surface area contributed by atoms with Crippen LogP contribution in [0.15, 0.2) is 42.5 Å². The Bertz CT molecular complexity index is 733. The second-order valence-corrected chi connectivity index (χ2v) is 5.64. The molecule has 0 bridgehead atoms. The van der Waals surface area contributed by atoms with E-state index >= 15 is 0 Å². The number of hydrogen-bond donors (Lipinski definition) is 2. The minimum absolute atomic E-state index is 0.212. The van der Waals surface area contributed by atoms with E-state index in [1.807, 2.05) is 31.2 Å². The normalized spacial score (nSPS) is 11.5. The Labute approximate surface area is 146 Å². The number of carbonyl (C=O) groups excluding carboxylic acids is 1. The van der Waals surface area contributed by atoms with Crippen LogP contribution in [0.2, 0.25) is 0 Å². The lowest BCUT2D eigenvalue weighted by Crippen LogP contribution is -2.30. The van der Waals surface area contributed by atoms with Crippen molar-refractivity contribution in [1.29, 1.82) is 0 Å². The fraction of sp³-hybridized carbons (Fsp3) is 0.263. The Morgan fingerprint density at radius 2 is 1.60 bits per heavy atom. The van der Waals surface area contributed by atoms with Crippen molar-refractivity contribution in [2.24, 2.45) is 0 Å². The maximum absolute atomic E-state index is 12.6. The summed E-state index contributed by atoms with van der Waals surface area (Å²) in [5.74, 6) is -0.428. The van der Waals surface area contributed by atoms with E-state index in [0.29, 0.717) is 17.1 Å². The second kappa shape index (κ2) is 8.19. The Kier molecular flexibility index (Phi) is 6.00. The Morgan fingerprint density at radius 1 is 1.04 bits per heavy atom. The fourth-order valence-electron chi connectivity index (χ4n) is 2.41. The van der Waals surface area contributed by atoms with Gasteiger partial charge in [-0.1, -0.05) is 29.8 Å². The number of carboxylic acid groups (broad SMARTS) is 1. The number of ether oxygens (including phenoxy) is 2. The van der Waals surface area contributed by atoms with E-state index in [1.165, 1.54) is 14.2 Å². The largest absolute Gasteiger partial charge is 0.497 e. The molecule has 0 aliphatic heterocycles. The molecule has 132 valence electrons. The van der Waals surface area contributed by atoms with Gasteiger partial charge in [0.15, 0.2) is 0 Å². The molecule has 1 atom stereocenters. The minimum atomic E-state index is -0.992. The van der Waals surface area contributed by atoms with Crippen LogP contribution in [0.4, 0.5) is 0 Å². The number of carboxylic acids is 1. The van der Waals surface area contributed by atoms with Gasteiger partial charge in [-0.05, 0) is 24.6 Å². The number of benzene rings is 2. The molecule has 2 N–H and O–H groups in total.